The monoisotopic (exact) mass is 204 g/mol. The lowest BCUT2D eigenvalue weighted by Gasteiger charge is -2.08. The first-order chi connectivity index (χ1) is 5.74. The van der Waals surface area contributed by atoms with E-state index < -0.39 is 6.67 Å². The predicted octanol–water partition coefficient (Wildman–Crippen LogP) is 2.17. The summed E-state index contributed by atoms with van der Waals surface area (Å²) in [4.78, 5) is 4.20. The molecule has 0 unspecified atom stereocenters. The number of nitrogens with two attached hydrogens (primary N) is 1. The van der Waals surface area contributed by atoms with Crippen LogP contribution >= 0.6 is 12.4 Å². The molecule has 0 amide bonds. The number of halogens is 2. The molecule has 0 aliphatic heterocycles. The molecule has 0 aliphatic rings. The van der Waals surface area contributed by atoms with Gasteiger partial charge in [-0.1, -0.05) is 6.07 Å². The molecule has 0 saturated carbocycles. The van der Waals surface area contributed by atoms with Gasteiger partial charge in [0.1, 0.15) is 0 Å². The molecule has 0 saturated heterocycles. The van der Waals surface area contributed by atoms with Gasteiger partial charge < -0.3 is 5.73 Å². The van der Waals surface area contributed by atoms with Gasteiger partial charge in [0.15, 0.2) is 0 Å². The number of rotatable bonds is 3. The molecule has 2 N–H and O–H groups in total. The highest BCUT2D eigenvalue weighted by molar-refractivity contribution is 5.85. The molecule has 1 atom stereocenters. The molecule has 0 aliphatic carbocycles. The van der Waals surface area contributed by atoms with Crippen molar-refractivity contribution in [2.45, 2.75) is 19.4 Å². The van der Waals surface area contributed by atoms with E-state index in [1.54, 1.807) is 0 Å². The van der Waals surface area contributed by atoms with E-state index in [1.807, 2.05) is 25.1 Å². The lowest BCUT2D eigenvalue weighted by molar-refractivity contribution is 0.438. The Labute approximate surface area is 83.8 Å². The van der Waals surface area contributed by atoms with E-state index in [4.69, 9.17) is 5.73 Å². The first-order valence-corrected chi connectivity index (χ1v) is 3.99. The van der Waals surface area contributed by atoms with Crippen molar-refractivity contribution in [3.8, 4) is 0 Å². The Bertz CT molecular complexity index is 255. The fourth-order valence-electron chi connectivity index (χ4n) is 1.04. The summed E-state index contributed by atoms with van der Waals surface area (Å²) < 4.78 is 11.9. The van der Waals surface area contributed by atoms with Gasteiger partial charge in [0.2, 0.25) is 0 Å². The van der Waals surface area contributed by atoms with Crippen molar-refractivity contribution in [3.63, 3.8) is 0 Å². The van der Waals surface area contributed by atoms with Gasteiger partial charge in [-0.25, -0.2) is 0 Å². The van der Waals surface area contributed by atoms with Crippen LogP contribution in [0.15, 0.2) is 18.2 Å². The van der Waals surface area contributed by atoms with Crippen LogP contribution in [0, 0.1) is 6.92 Å². The van der Waals surface area contributed by atoms with Gasteiger partial charge in [0.05, 0.1) is 12.4 Å². The van der Waals surface area contributed by atoms with Crippen LogP contribution in [0.25, 0.3) is 0 Å². The summed E-state index contributed by atoms with van der Waals surface area (Å²) in [5.41, 5.74) is 7.36. The molecule has 0 radical (unpaired) electrons. The molecule has 0 bridgehead atoms. The van der Waals surface area contributed by atoms with Crippen molar-refractivity contribution >= 4 is 12.4 Å². The average Bonchev–Trinajstić information content (AvgIpc) is 2.05. The standard InChI is InChI=1S/C9H13FN2.ClH/c1-7-3-2-4-9(12-7)8(11)5-6-10;/h2-4,8H,5-6,11H2,1H3;1H/t8-;/m1./s1. The molecule has 2 nitrogen and oxygen atoms in total. The Balaban J connectivity index is 0.00000144. The third kappa shape index (κ3) is 3.70. The largest absolute Gasteiger partial charge is 0.323 e. The van der Waals surface area contributed by atoms with Gasteiger partial charge >= 0.3 is 0 Å². The Hall–Kier alpha value is -0.670. The van der Waals surface area contributed by atoms with Gasteiger partial charge in [0, 0.05) is 11.7 Å². The summed E-state index contributed by atoms with van der Waals surface area (Å²) in [7, 11) is 0. The summed E-state index contributed by atoms with van der Waals surface area (Å²) in [6.45, 7) is 1.50. The number of hydrogen-bond donors (Lipinski definition) is 1. The van der Waals surface area contributed by atoms with Crippen molar-refractivity contribution in [3.05, 3.63) is 29.6 Å². The highest BCUT2D eigenvalue weighted by Gasteiger charge is 2.05. The zero-order valence-corrected chi connectivity index (χ0v) is 8.35. The van der Waals surface area contributed by atoms with Gasteiger partial charge in [0.25, 0.3) is 0 Å². The van der Waals surface area contributed by atoms with Crippen LogP contribution in [0.3, 0.4) is 0 Å². The quantitative estimate of drug-likeness (QED) is 0.820. The molecule has 0 spiro atoms. The third-order valence-corrected chi connectivity index (χ3v) is 1.71. The maximum atomic E-state index is 11.9. The summed E-state index contributed by atoms with van der Waals surface area (Å²) >= 11 is 0. The summed E-state index contributed by atoms with van der Waals surface area (Å²) in [6, 6.07) is 5.34. The molecule has 13 heavy (non-hydrogen) atoms. The van der Waals surface area contributed by atoms with Crippen molar-refractivity contribution in [2.24, 2.45) is 5.73 Å². The fourth-order valence-corrected chi connectivity index (χ4v) is 1.04. The number of alkyl halides is 1. The molecule has 0 fully saturated rings. The van der Waals surface area contributed by atoms with Crippen LogP contribution in [-0.2, 0) is 0 Å². The number of hydrogen-bond acceptors (Lipinski definition) is 2. The number of pyridine rings is 1. The molecule has 1 aromatic rings. The summed E-state index contributed by atoms with van der Waals surface area (Å²) in [5, 5.41) is 0. The van der Waals surface area contributed by atoms with Crippen molar-refractivity contribution in [1.29, 1.82) is 0 Å². The third-order valence-electron chi connectivity index (χ3n) is 1.71. The van der Waals surface area contributed by atoms with E-state index in [-0.39, 0.29) is 18.4 Å². The van der Waals surface area contributed by atoms with Gasteiger partial charge in [-0.15, -0.1) is 12.4 Å². The van der Waals surface area contributed by atoms with Crippen LogP contribution < -0.4 is 5.73 Å². The second kappa shape index (κ2) is 5.89. The number of aryl methyl sites for hydroxylation is 1. The second-order valence-corrected chi connectivity index (χ2v) is 2.79. The lowest BCUT2D eigenvalue weighted by Crippen LogP contribution is -2.12. The Morgan fingerprint density at radius 2 is 2.23 bits per heavy atom. The van der Waals surface area contributed by atoms with Crippen molar-refractivity contribution in [1.82, 2.24) is 4.98 Å². The van der Waals surface area contributed by atoms with Crippen LogP contribution in [0.4, 0.5) is 4.39 Å². The average molecular weight is 205 g/mol. The van der Waals surface area contributed by atoms with Gasteiger partial charge in [-0.3, -0.25) is 9.37 Å². The molecule has 0 aromatic carbocycles. The maximum Gasteiger partial charge on any atom is 0.0913 e. The molecule has 1 heterocycles. The first-order valence-electron chi connectivity index (χ1n) is 3.99. The topological polar surface area (TPSA) is 38.9 Å². The van der Waals surface area contributed by atoms with E-state index in [9.17, 15) is 4.39 Å². The minimum absolute atomic E-state index is 0. The lowest BCUT2D eigenvalue weighted by atomic mass is 10.1. The van der Waals surface area contributed by atoms with Gasteiger partial charge in [-0.2, -0.15) is 0 Å². The van der Waals surface area contributed by atoms with Crippen LogP contribution in [-0.4, -0.2) is 11.7 Å². The fraction of sp³-hybridized carbons (Fsp3) is 0.444. The Morgan fingerprint density at radius 1 is 1.54 bits per heavy atom. The maximum absolute atomic E-state index is 11.9. The smallest absolute Gasteiger partial charge is 0.0913 e. The highest BCUT2D eigenvalue weighted by Crippen LogP contribution is 2.11. The van der Waals surface area contributed by atoms with E-state index in [0.717, 1.165) is 11.4 Å². The minimum atomic E-state index is -0.392. The molecular weight excluding hydrogens is 191 g/mol. The molecule has 74 valence electrons. The molecular formula is C9H14ClFN2. The van der Waals surface area contributed by atoms with E-state index in [2.05, 4.69) is 4.98 Å². The number of aromatic nitrogens is 1. The normalized spacial score (nSPS) is 11.9. The SMILES string of the molecule is Cc1cccc([C@H](N)CCF)n1.Cl. The van der Waals surface area contributed by atoms with E-state index in [0.29, 0.717) is 6.42 Å². The minimum Gasteiger partial charge on any atom is -0.323 e. The van der Waals surface area contributed by atoms with Crippen molar-refractivity contribution < 1.29 is 4.39 Å². The molecule has 1 aromatic heterocycles. The summed E-state index contributed by atoms with van der Waals surface area (Å²) in [5.74, 6) is 0. The van der Waals surface area contributed by atoms with E-state index in [1.165, 1.54) is 0 Å². The van der Waals surface area contributed by atoms with Crippen LogP contribution in [0.2, 0.25) is 0 Å². The number of nitrogens with zero attached hydrogens (tertiary/aromatic N) is 1. The Morgan fingerprint density at radius 3 is 2.77 bits per heavy atom. The summed E-state index contributed by atoms with van der Waals surface area (Å²) in [6.07, 6.45) is 0.344. The van der Waals surface area contributed by atoms with E-state index >= 15 is 0 Å². The van der Waals surface area contributed by atoms with Crippen molar-refractivity contribution in [2.75, 3.05) is 6.67 Å². The molecule has 1 rings (SSSR count). The van der Waals surface area contributed by atoms with Gasteiger partial charge in [-0.05, 0) is 25.5 Å². The zero-order valence-electron chi connectivity index (χ0n) is 7.53. The predicted molar refractivity (Wildman–Crippen MR) is 53.7 cm³/mol. The highest BCUT2D eigenvalue weighted by atomic mass is 35.5. The Kier molecular flexibility index (Phi) is 5.58. The van der Waals surface area contributed by atoms with Crippen LogP contribution in [0.5, 0.6) is 0 Å². The second-order valence-electron chi connectivity index (χ2n) is 2.79. The van der Waals surface area contributed by atoms with Crippen LogP contribution in [0.1, 0.15) is 23.9 Å². The molecule has 4 heteroatoms. The first kappa shape index (κ1) is 12.3. The zero-order chi connectivity index (χ0) is 8.97.